The summed E-state index contributed by atoms with van der Waals surface area (Å²) in [7, 11) is 1.69. The third-order valence-electron chi connectivity index (χ3n) is 4.54. The van der Waals surface area contributed by atoms with Crippen LogP contribution in [0.4, 0.5) is 0 Å². The summed E-state index contributed by atoms with van der Waals surface area (Å²) >= 11 is 0. The largest absolute Gasteiger partial charge is 0.519 e. The molecule has 1 aromatic rings. The molecule has 1 N–H and O–H groups in total. The van der Waals surface area contributed by atoms with Gasteiger partial charge in [-0.05, 0) is 51.5 Å². The van der Waals surface area contributed by atoms with Crippen molar-refractivity contribution >= 4 is 5.97 Å². The van der Waals surface area contributed by atoms with E-state index in [1.165, 1.54) is 0 Å². The molecule has 0 spiro atoms. The number of ether oxygens (including phenoxy) is 1. The summed E-state index contributed by atoms with van der Waals surface area (Å²) in [5, 5.41) is 9.51. The van der Waals surface area contributed by atoms with Gasteiger partial charge in [-0.1, -0.05) is 0 Å². The number of hydrogen-bond acceptors (Lipinski definition) is 6. The maximum atomic E-state index is 11.6. The molecule has 2 rings (SSSR count). The number of likely N-dealkylation sites (tertiary alicyclic amines) is 1. The van der Waals surface area contributed by atoms with Crippen LogP contribution in [0.1, 0.15) is 43.6 Å². The third kappa shape index (κ3) is 4.94. The predicted molar refractivity (Wildman–Crippen MR) is 82.3 cm³/mol. The number of carboxylic acid groups (broad SMARTS) is 1. The molecular weight excluding hydrogens is 302 g/mol. The molecule has 1 fully saturated rings. The van der Waals surface area contributed by atoms with Crippen molar-refractivity contribution in [2.45, 2.75) is 51.6 Å². The molecular formula is C16H25NO6. The number of aliphatic carboxylic acids is 1. The van der Waals surface area contributed by atoms with Crippen molar-refractivity contribution in [2.75, 3.05) is 20.3 Å². The van der Waals surface area contributed by atoms with Gasteiger partial charge >= 0.3 is 11.8 Å². The summed E-state index contributed by atoms with van der Waals surface area (Å²) in [4.78, 5) is 24.6. The van der Waals surface area contributed by atoms with Crippen LogP contribution in [0.3, 0.4) is 0 Å². The lowest BCUT2D eigenvalue weighted by Gasteiger charge is -2.25. The monoisotopic (exact) mass is 327 g/mol. The number of carbonyl (C=O) groups is 1. The first-order valence-electron chi connectivity index (χ1n) is 8.06. The van der Waals surface area contributed by atoms with Crippen molar-refractivity contribution in [3.8, 4) is 0 Å². The van der Waals surface area contributed by atoms with Gasteiger partial charge in [-0.3, -0.25) is 9.69 Å². The van der Waals surface area contributed by atoms with Gasteiger partial charge < -0.3 is 18.7 Å². The van der Waals surface area contributed by atoms with Crippen molar-refractivity contribution < 1.29 is 23.5 Å². The highest BCUT2D eigenvalue weighted by Gasteiger charge is 2.31. The highest BCUT2D eigenvalue weighted by Crippen LogP contribution is 2.27. The average Bonchev–Trinajstić information content (AvgIpc) is 2.70. The minimum Gasteiger partial charge on any atom is -0.480 e. The molecule has 0 bridgehead atoms. The van der Waals surface area contributed by atoms with E-state index >= 15 is 0 Å². The number of hydrogen-bond donors (Lipinski definition) is 1. The van der Waals surface area contributed by atoms with E-state index in [9.17, 15) is 14.7 Å². The van der Waals surface area contributed by atoms with Crippen LogP contribution in [0.25, 0.3) is 0 Å². The second-order valence-corrected chi connectivity index (χ2v) is 6.13. The second-order valence-electron chi connectivity index (χ2n) is 6.13. The number of rotatable bonds is 7. The normalized spacial score (nSPS) is 22.9. The molecule has 130 valence electrons. The van der Waals surface area contributed by atoms with Crippen LogP contribution < -0.4 is 5.82 Å². The van der Waals surface area contributed by atoms with Gasteiger partial charge in [0.15, 0.2) is 5.76 Å². The molecule has 0 aromatic carbocycles. The zero-order valence-corrected chi connectivity index (χ0v) is 13.7. The van der Waals surface area contributed by atoms with Gasteiger partial charge in [0.05, 0.1) is 6.54 Å². The van der Waals surface area contributed by atoms with E-state index in [0.717, 1.165) is 32.3 Å². The minimum atomic E-state index is -0.828. The van der Waals surface area contributed by atoms with Crippen molar-refractivity contribution in [1.82, 2.24) is 4.90 Å². The maximum absolute atomic E-state index is 11.6. The van der Waals surface area contributed by atoms with Gasteiger partial charge in [0, 0.05) is 13.7 Å². The SMILES string of the molecule is COCCCC1CCC(C(=O)O)N(Cc2oc(=O)oc2C)CC1. The number of aryl methyl sites for hydroxylation is 1. The lowest BCUT2D eigenvalue weighted by Crippen LogP contribution is -2.40. The van der Waals surface area contributed by atoms with Crippen LogP contribution in [0, 0.1) is 12.8 Å². The molecule has 1 aliphatic rings. The molecule has 0 amide bonds. The van der Waals surface area contributed by atoms with E-state index in [2.05, 4.69) is 0 Å². The van der Waals surface area contributed by atoms with Gasteiger partial charge in [0.2, 0.25) is 0 Å². The van der Waals surface area contributed by atoms with Gasteiger partial charge in [-0.2, -0.15) is 0 Å². The molecule has 2 atom stereocenters. The van der Waals surface area contributed by atoms with E-state index in [1.54, 1.807) is 14.0 Å². The van der Waals surface area contributed by atoms with Crippen LogP contribution in [-0.2, 0) is 16.1 Å². The molecule has 1 saturated heterocycles. The first-order valence-corrected chi connectivity index (χ1v) is 8.06. The summed E-state index contributed by atoms with van der Waals surface area (Å²) in [6, 6.07) is -0.554. The fourth-order valence-corrected chi connectivity index (χ4v) is 3.20. The quantitative estimate of drug-likeness (QED) is 0.766. The van der Waals surface area contributed by atoms with Crippen LogP contribution in [0.2, 0.25) is 0 Å². The van der Waals surface area contributed by atoms with E-state index < -0.39 is 17.8 Å². The molecule has 2 unspecified atom stereocenters. The Hall–Kier alpha value is -1.60. The Morgan fingerprint density at radius 3 is 2.74 bits per heavy atom. The lowest BCUT2D eigenvalue weighted by molar-refractivity contribution is -0.143. The Balaban J connectivity index is 2.02. The molecule has 0 saturated carbocycles. The van der Waals surface area contributed by atoms with Crippen LogP contribution in [0.5, 0.6) is 0 Å². The summed E-state index contributed by atoms with van der Waals surface area (Å²) in [5.41, 5.74) is 0. The number of carboxylic acids is 1. The summed E-state index contributed by atoms with van der Waals surface area (Å²) in [6.45, 7) is 3.35. The maximum Gasteiger partial charge on any atom is 0.519 e. The Labute approximate surface area is 135 Å². The van der Waals surface area contributed by atoms with Crippen molar-refractivity contribution in [1.29, 1.82) is 0 Å². The van der Waals surface area contributed by atoms with Gasteiger partial charge in [-0.15, -0.1) is 0 Å². The lowest BCUT2D eigenvalue weighted by atomic mass is 9.94. The summed E-state index contributed by atoms with van der Waals surface area (Å²) < 4.78 is 15.0. The van der Waals surface area contributed by atoms with Crippen molar-refractivity contribution in [3.63, 3.8) is 0 Å². The van der Waals surface area contributed by atoms with Crippen LogP contribution in [-0.4, -0.2) is 42.3 Å². The first kappa shape index (κ1) is 17.7. The van der Waals surface area contributed by atoms with Gasteiger partial charge in [0.25, 0.3) is 0 Å². The standard InChI is InChI=1S/C16H25NO6/c1-11-14(23-16(20)22-11)10-17-8-7-12(4-3-9-21-2)5-6-13(17)15(18)19/h12-13H,3-10H2,1-2H3,(H,18,19). The van der Waals surface area contributed by atoms with E-state index in [-0.39, 0.29) is 0 Å². The highest BCUT2D eigenvalue weighted by atomic mass is 16.6. The zero-order valence-electron chi connectivity index (χ0n) is 13.7. The summed E-state index contributed by atoms with van der Waals surface area (Å²) in [5.74, 6) is -0.226. The number of nitrogens with zero attached hydrogens (tertiary/aromatic N) is 1. The molecule has 23 heavy (non-hydrogen) atoms. The summed E-state index contributed by atoms with van der Waals surface area (Å²) in [6.07, 6.45) is 4.48. The second kappa shape index (κ2) is 8.31. The molecule has 7 nitrogen and oxygen atoms in total. The molecule has 7 heteroatoms. The van der Waals surface area contributed by atoms with Crippen LogP contribution in [0.15, 0.2) is 13.6 Å². The fourth-order valence-electron chi connectivity index (χ4n) is 3.20. The predicted octanol–water partition coefficient (Wildman–Crippen LogP) is 2.02. The van der Waals surface area contributed by atoms with E-state index in [0.29, 0.717) is 36.9 Å². The minimum absolute atomic E-state index is 0.291. The Morgan fingerprint density at radius 1 is 1.35 bits per heavy atom. The fraction of sp³-hybridized carbons (Fsp3) is 0.750. The third-order valence-corrected chi connectivity index (χ3v) is 4.54. The average molecular weight is 327 g/mol. The van der Waals surface area contributed by atoms with Crippen molar-refractivity contribution in [2.24, 2.45) is 5.92 Å². The van der Waals surface area contributed by atoms with E-state index in [4.69, 9.17) is 13.6 Å². The molecule has 0 aliphatic carbocycles. The molecule has 0 radical (unpaired) electrons. The van der Waals surface area contributed by atoms with E-state index in [1.807, 2.05) is 4.90 Å². The molecule has 1 aliphatic heterocycles. The first-order chi connectivity index (χ1) is 11.0. The van der Waals surface area contributed by atoms with Crippen molar-refractivity contribution in [3.05, 3.63) is 22.1 Å². The highest BCUT2D eigenvalue weighted by molar-refractivity contribution is 5.73. The molecule has 1 aromatic heterocycles. The zero-order chi connectivity index (χ0) is 16.8. The topological polar surface area (TPSA) is 93.1 Å². The Kier molecular flexibility index (Phi) is 6.41. The van der Waals surface area contributed by atoms with Gasteiger partial charge in [0.1, 0.15) is 11.8 Å². The number of methoxy groups -OCH3 is 1. The van der Waals surface area contributed by atoms with Gasteiger partial charge in [-0.25, -0.2) is 4.79 Å². The Morgan fingerprint density at radius 2 is 2.13 bits per heavy atom. The van der Waals surface area contributed by atoms with Crippen LogP contribution >= 0.6 is 0 Å². The Bertz CT molecular complexity index is 563. The smallest absolute Gasteiger partial charge is 0.480 e. The molecule has 2 heterocycles.